The number of fused-ring (bicyclic) bond motifs is 1. The number of carbonyl (C=O) groups is 4. The standard InChI is InChI=1S/C17H16ClN3O2.C2H2O4/c18-13-5-3-4-12(8-13)9-19-10-17(23)21-11-16(22)20-14-6-1-2-7-15(14)21;3-1(4)2(5)6/h1-8,19H,9-11H2,(H,20,22);(H,3,4)(H,5,6). The summed E-state index contributed by atoms with van der Waals surface area (Å²) in [5, 5.41) is 21.3. The van der Waals surface area contributed by atoms with Crippen molar-refractivity contribution in [1.82, 2.24) is 5.32 Å². The predicted octanol–water partition coefficient (Wildman–Crippen LogP) is 1.57. The number of nitrogens with one attached hydrogen (secondary N) is 2. The molecule has 2 aromatic rings. The summed E-state index contributed by atoms with van der Waals surface area (Å²) < 4.78 is 0. The minimum absolute atomic E-state index is 0.0364. The maximum atomic E-state index is 12.4. The van der Waals surface area contributed by atoms with Crippen LogP contribution in [0.5, 0.6) is 0 Å². The predicted molar refractivity (Wildman–Crippen MR) is 106 cm³/mol. The van der Waals surface area contributed by atoms with Crippen LogP contribution in [0.4, 0.5) is 11.4 Å². The number of benzene rings is 2. The molecule has 0 radical (unpaired) electrons. The number of aliphatic carboxylic acids is 2. The average molecular weight is 420 g/mol. The summed E-state index contributed by atoms with van der Waals surface area (Å²) in [4.78, 5) is 43.9. The highest BCUT2D eigenvalue weighted by molar-refractivity contribution is 6.30. The molecule has 0 aliphatic carbocycles. The zero-order valence-corrected chi connectivity index (χ0v) is 15.8. The van der Waals surface area contributed by atoms with Gasteiger partial charge in [0.15, 0.2) is 0 Å². The fourth-order valence-electron chi connectivity index (χ4n) is 2.51. The first kappa shape index (κ1) is 21.9. The average Bonchev–Trinajstić information content (AvgIpc) is 2.67. The monoisotopic (exact) mass is 419 g/mol. The number of carboxylic acids is 2. The fourth-order valence-corrected chi connectivity index (χ4v) is 2.72. The molecule has 9 nitrogen and oxygen atoms in total. The Hall–Kier alpha value is -3.43. The first-order valence-corrected chi connectivity index (χ1v) is 8.76. The zero-order chi connectivity index (χ0) is 21.4. The van der Waals surface area contributed by atoms with Gasteiger partial charge >= 0.3 is 11.9 Å². The van der Waals surface area contributed by atoms with E-state index in [1.165, 1.54) is 4.90 Å². The first-order chi connectivity index (χ1) is 13.8. The van der Waals surface area contributed by atoms with Gasteiger partial charge in [0.1, 0.15) is 6.54 Å². The van der Waals surface area contributed by atoms with Gasteiger partial charge < -0.3 is 20.8 Å². The quantitative estimate of drug-likeness (QED) is 0.552. The minimum atomic E-state index is -1.82. The molecule has 0 aromatic heterocycles. The van der Waals surface area contributed by atoms with Crippen LogP contribution in [0.3, 0.4) is 0 Å². The second kappa shape index (κ2) is 10.2. The van der Waals surface area contributed by atoms with Crippen molar-refractivity contribution in [2.75, 3.05) is 23.3 Å². The molecule has 3 rings (SSSR count). The number of para-hydroxylation sites is 2. The maximum absolute atomic E-state index is 12.4. The summed E-state index contributed by atoms with van der Waals surface area (Å²) >= 11 is 5.93. The van der Waals surface area contributed by atoms with Crippen LogP contribution < -0.4 is 15.5 Å². The van der Waals surface area contributed by atoms with Gasteiger partial charge in [0.25, 0.3) is 0 Å². The number of rotatable bonds is 4. The zero-order valence-electron chi connectivity index (χ0n) is 15.1. The van der Waals surface area contributed by atoms with Crippen molar-refractivity contribution in [3.63, 3.8) is 0 Å². The van der Waals surface area contributed by atoms with Crippen molar-refractivity contribution in [1.29, 1.82) is 0 Å². The molecule has 1 heterocycles. The lowest BCUT2D eigenvalue weighted by Crippen LogP contribution is -2.45. The van der Waals surface area contributed by atoms with Crippen LogP contribution in [0.15, 0.2) is 48.5 Å². The van der Waals surface area contributed by atoms with Crippen molar-refractivity contribution >= 4 is 46.7 Å². The van der Waals surface area contributed by atoms with Crippen LogP contribution in [0.2, 0.25) is 5.02 Å². The van der Waals surface area contributed by atoms with E-state index in [1.807, 2.05) is 36.4 Å². The van der Waals surface area contributed by atoms with Crippen LogP contribution in [-0.2, 0) is 25.7 Å². The molecule has 29 heavy (non-hydrogen) atoms. The molecule has 0 bridgehead atoms. The smallest absolute Gasteiger partial charge is 0.414 e. The highest BCUT2D eigenvalue weighted by Crippen LogP contribution is 2.28. The summed E-state index contributed by atoms with van der Waals surface area (Å²) in [5.74, 6) is -3.98. The summed E-state index contributed by atoms with van der Waals surface area (Å²) in [7, 11) is 0. The van der Waals surface area contributed by atoms with Gasteiger partial charge in [0.2, 0.25) is 11.8 Å². The van der Waals surface area contributed by atoms with E-state index in [0.717, 1.165) is 11.3 Å². The number of anilines is 2. The van der Waals surface area contributed by atoms with E-state index in [4.69, 9.17) is 31.4 Å². The lowest BCUT2D eigenvalue weighted by molar-refractivity contribution is -0.159. The van der Waals surface area contributed by atoms with Crippen LogP contribution >= 0.6 is 11.6 Å². The second-order valence-electron chi connectivity index (χ2n) is 5.89. The highest BCUT2D eigenvalue weighted by Gasteiger charge is 2.25. The Morgan fingerprint density at radius 1 is 1.07 bits per heavy atom. The normalized spacial score (nSPS) is 12.2. The Morgan fingerprint density at radius 2 is 1.76 bits per heavy atom. The number of hydrogen-bond donors (Lipinski definition) is 4. The second-order valence-corrected chi connectivity index (χ2v) is 6.33. The maximum Gasteiger partial charge on any atom is 0.414 e. The topological polar surface area (TPSA) is 136 Å². The van der Waals surface area contributed by atoms with E-state index in [2.05, 4.69) is 10.6 Å². The third-order valence-corrected chi connectivity index (χ3v) is 3.98. The molecular weight excluding hydrogens is 402 g/mol. The van der Waals surface area contributed by atoms with Crippen LogP contribution in [-0.4, -0.2) is 47.1 Å². The summed E-state index contributed by atoms with van der Waals surface area (Å²) in [5.41, 5.74) is 2.38. The third-order valence-electron chi connectivity index (χ3n) is 3.75. The molecule has 0 atom stereocenters. The van der Waals surface area contributed by atoms with Gasteiger partial charge in [-0.15, -0.1) is 0 Å². The number of carbonyl (C=O) groups excluding carboxylic acids is 2. The molecule has 1 aliphatic heterocycles. The highest BCUT2D eigenvalue weighted by atomic mass is 35.5. The molecule has 2 aromatic carbocycles. The summed E-state index contributed by atoms with van der Waals surface area (Å²) in [6.45, 7) is 0.719. The van der Waals surface area contributed by atoms with Gasteiger partial charge in [0.05, 0.1) is 17.9 Å². The number of amides is 2. The van der Waals surface area contributed by atoms with E-state index in [0.29, 0.717) is 17.3 Å². The lowest BCUT2D eigenvalue weighted by Gasteiger charge is -2.29. The molecule has 0 saturated carbocycles. The van der Waals surface area contributed by atoms with E-state index >= 15 is 0 Å². The van der Waals surface area contributed by atoms with Crippen molar-refractivity contribution < 1.29 is 29.4 Å². The van der Waals surface area contributed by atoms with Crippen LogP contribution in [0, 0.1) is 0 Å². The van der Waals surface area contributed by atoms with Crippen molar-refractivity contribution in [2.24, 2.45) is 0 Å². The number of hydrogen-bond acceptors (Lipinski definition) is 5. The number of halogens is 1. The van der Waals surface area contributed by atoms with Crippen molar-refractivity contribution in [3.8, 4) is 0 Å². The molecule has 10 heteroatoms. The fraction of sp³-hybridized carbons (Fsp3) is 0.158. The molecule has 0 fully saturated rings. The summed E-state index contributed by atoms with van der Waals surface area (Å²) in [6.07, 6.45) is 0. The molecule has 2 amide bonds. The van der Waals surface area contributed by atoms with Gasteiger partial charge in [0, 0.05) is 11.6 Å². The van der Waals surface area contributed by atoms with Gasteiger partial charge in [-0.05, 0) is 29.8 Å². The molecular formula is C19H18ClN3O6. The first-order valence-electron chi connectivity index (χ1n) is 8.38. The molecule has 4 N–H and O–H groups in total. The van der Waals surface area contributed by atoms with E-state index in [9.17, 15) is 9.59 Å². The molecule has 152 valence electrons. The Bertz CT molecular complexity index is 922. The van der Waals surface area contributed by atoms with E-state index in [-0.39, 0.29) is 24.9 Å². The molecule has 0 unspecified atom stereocenters. The van der Waals surface area contributed by atoms with Crippen molar-refractivity contribution in [3.05, 3.63) is 59.1 Å². The van der Waals surface area contributed by atoms with Crippen molar-refractivity contribution in [2.45, 2.75) is 6.54 Å². The lowest BCUT2D eigenvalue weighted by atomic mass is 10.2. The van der Waals surface area contributed by atoms with Crippen LogP contribution in [0.1, 0.15) is 5.56 Å². The van der Waals surface area contributed by atoms with Crippen LogP contribution in [0.25, 0.3) is 0 Å². The van der Waals surface area contributed by atoms with Gasteiger partial charge in [-0.25, -0.2) is 9.59 Å². The Balaban J connectivity index is 0.000000438. The van der Waals surface area contributed by atoms with Gasteiger partial charge in [-0.3, -0.25) is 14.5 Å². The largest absolute Gasteiger partial charge is 0.473 e. The van der Waals surface area contributed by atoms with Gasteiger partial charge in [-0.1, -0.05) is 35.9 Å². The Labute approximate surface area is 170 Å². The SMILES string of the molecule is O=C(O)C(=O)O.O=C1CN(C(=O)CNCc2cccc(Cl)c2)c2ccccc2N1. The third kappa shape index (κ3) is 6.59. The summed E-state index contributed by atoms with van der Waals surface area (Å²) in [6, 6.07) is 14.7. The van der Waals surface area contributed by atoms with E-state index < -0.39 is 11.9 Å². The number of carboxylic acid groups (broad SMARTS) is 2. The number of nitrogens with zero attached hydrogens (tertiary/aromatic N) is 1. The molecule has 1 aliphatic rings. The van der Waals surface area contributed by atoms with E-state index in [1.54, 1.807) is 12.1 Å². The minimum Gasteiger partial charge on any atom is -0.473 e. The Kier molecular flexibility index (Phi) is 7.70. The molecule has 0 saturated heterocycles. The van der Waals surface area contributed by atoms with Gasteiger partial charge in [-0.2, -0.15) is 0 Å². The molecule has 0 spiro atoms. The Morgan fingerprint density at radius 3 is 2.41 bits per heavy atom.